The van der Waals surface area contributed by atoms with E-state index in [1.165, 1.54) is 55.4 Å². The Hall–Kier alpha value is -2.05. The van der Waals surface area contributed by atoms with Crippen molar-refractivity contribution in [2.75, 3.05) is 18.0 Å². The van der Waals surface area contributed by atoms with Crippen LogP contribution < -0.4 is 9.73 Å². The van der Waals surface area contributed by atoms with E-state index >= 15 is 0 Å². The smallest absolute Gasteiger partial charge is 0.276 e. The Bertz CT molecular complexity index is 828. The summed E-state index contributed by atoms with van der Waals surface area (Å²) >= 11 is 5.77. The van der Waals surface area contributed by atoms with Crippen LogP contribution in [0.5, 0.6) is 0 Å². The van der Waals surface area contributed by atoms with Crippen molar-refractivity contribution >= 4 is 33.5 Å². The molecule has 5 nitrogen and oxygen atoms in total. The molecule has 0 atom stereocenters. The maximum absolute atomic E-state index is 12.1. The fourth-order valence-electron chi connectivity index (χ4n) is 2.76. The highest BCUT2D eigenvalue weighted by molar-refractivity contribution is 7.89. The Balaban J connectivity index is 1.62. The quantitative estimate of drug-likeness (QED) is 0.639. The number of nitrogens with one attached hydrogen (secondary N) is 1. The molecule has 0 bridgehead atoms. The van der Waals surface area contributed by atoms with Crippen molar-refractivity contribution in [3.8, 4) is 0 Å². The van der Waals surface area contributed by atoms with Crippen LogP contribution in [0.3, 0.4) is 0 Å². The third-order valence-electron chi connectivity index (χ3n) is 4.12. The van der Waals surface area contributed by atoms with E-state index in [1.54, 1.807) is 0 Å². The lowest BCUT2D eigenvalue weighted by molar-refractivity contribution is 0.578. The molecule has 1 heterocycles. The molecule has 0 unspecified atom stereocenters. The summed E-state index contributed by atoms with van der Waals surface area (Å²) in [5.41, 5.74) is 2.03. The molecule has 25 heavy (non-hydrogen) atoms. The van der Waals surface area contributed by atoms with Crippen molar-refractivity contribution < 1.29 is 8.42 Å². The number of halogens is 1. The van der Waals surface area contributed by atoms with E-state index in [0.717, 1.165) is 18.7 Å². The van der Waals surface area contributed by atoms with Gasteiger partial charge in [0.25, 0.3) is 10.0 Å². The van der Waals surface area contributed by atoms with Crippen LogP contribution in [0.1, 0.15) is 24.8 Å². The molecule has 7 heteroatoms. The van der Waals surface area contributed by atoms with Crippen LogP contribution in [0.25, 0.3) is 0 Å². The molecule has 0 radical (unpaired) electrons. The predicted molar refractivity (Wildman–Crippen MR) is 102 cm³/mol. The molecule has 0 spiro atoms. The van der Waals surface area contributed by atoms with Gasteiger partial charge in [-0.15, -0.1) is 0 Å². The van der Waals surface area contributed by atoms with E-state index in [9.17, 15) is 8.42 Å². The van der Waals surface area contributed by atoms with E-state index in [-0.39, 0.29) is 4.90 Å². The van der Waals surface area contributed by atoms with Crippen molar-refractivity contribution in [1.29, 1.82) is 0 Å². The normalized spacial score (nSPS) is 15.5. The number of sulfonamides is 1. The molecular weight excluding hydrogens is 358 g/mol. The van der Waals surface area contributed by atoms with Crippen molar-refractivity contribution in [3.63, 3.8) is 0 Å². The number of benzene rings is 2. The minimum absolute atomic E-state index is 0.120. The lowest BCUT2D eigenvalue weighted by Crippen LogP contribution is -2.29. The van der Waals surface area contributed by atoms with Gasteiger partial charge in [0.15, 0.2) is 0 Å². The summed E-state index contributed by atoms with van der Waals surface area (Å²) in [4.78, 5) is 4.70. The molecule has 1 aliphatic rings. The van der Waals surface area contributed by atoms with Gasteiger partial charge in [-0.1, -0.05) is 23.7 Å². The van der Waals surface area contributed by atoms with Crippen molar-refractivity contribution in [2.45, 2.75) is 24.2 Å². The van der Waals surface area contributed by atoms with E-state index in [0.29, 0.717) is 5.02 Å². The first-order chi connectivity index (χ1) is 12.0. The lowest BCUT2D eigenvalue weighted by atomic mass is 10.1. The second-order valence-electron chi connectivity index (χ2n) is 5.95. The highest BCUT2D eigenvalue weighted by Gasteiger charge is 2.12. The van der Waals surface area contributed by atoms with Gasteiger partial charge in [-0.2, -0.15) is 13.5 Å². The highest BCUT2D eigenvalue weighted by atomic mass is 35.5. The maximum Gasteiger partial charge on any atom is 0.276 e. The van der Waals surface area contributed by atoms with Crippen molar-refractivity contribution in [3.05, 3.63) is 59.1 Å². The standard InChI is InChI=1S/C18H20ClN3O2S/c19-16-6-10-18(11-7-16)25(23,24)21-20-14-15-4-8-17(9-5-15)22-12-2-1-3-13-22/h4-11,14,21H,1-3,12-13H2/b20-14+. The Labute approximate surface area is 153 Å². The first kappa shape index (κ1) is 17.8. The number of nitrogens with zero attached hydrogens (tertiary/aromatic N) is 2. The molecule has 132 valence electrons. The zero-order valence-corrected chi connectivity index (χ0v) is 15.3. The summed E-state index contributed by atoms with van der Waals surface area (Å²) in [5.74, 6) is 0. The van der Waals surface area contributed by atoms with E-state index in [2.05, 4.69) is 14.8 Å². The molecule has 1 saturated heterocycles. The van der Waals surface area contributed by atoms with Crippen LogP contribution in [0.4, 0.5) is 5.69 Å². The average Bonchev–Trinajstić information content (AvgIpc) is 2.63. The number of hydrazone groups is 1. The summed E-state index contributed by atoms with van der Waals surface area (Å²) in [6, 6.07) is 13.9. The minimum Gasteiger partial charge on any atom is -0.372 e. The molecule has 0 amide bonds. The van der Waals surface area contributed by atoms with E-state index in [4.69, 9.17) is 11.6 Å². The molecule has 0 saturated carbocycles. The Morgan fingerprint density at radius 2 is 1.60 bits per heavy atom. The SMILES string of the molecule is O=S(=O)(N/N=C/c1ccc(N2CCCCC2)cc1)c1ccc(Cl)cc1. The predicted octanol–water partition coefficient (Wildman–Crippen LogP) is 3.64. The van der Waals surface area contributed by atoms with Crippen molar-refractivity contribution in [2.24, 2.45) is 5.10 Å². The maximum atomic E-state index is 12.1. The molecule has 2 aromatic carbocycles. The van der Waals surface area contributed by atoms with Gasteiger partial charge in [-0.25, -0.2) is 4.83 Å². The molecule has 1 fully saturated rings. The van der Waals surface area contributed by atoms with Gasteiger partial charge in [0.1, 0.15) is 0 Å². The van der Waals surface area contributed by atoms with E-state index < -0.39 is 10.0 Å². The largest absolute Gasteiger partial charge is 0.372 e. The molecule has 2 aromatic rings. The van der Waals surface area contributed by atoms with Crippen LogP contribution in [-0.2, 0) is 10.0 Å². The molecule has 1 aliphatic heterocycles. The lowest BCUT2D eigenvalue weighted by Gasteiger charge is -2.28. The summed E-state index contributed by atoms with van der Waals surface area (Å²) in [5, 5.41) is 4.33. The van der Waals surface area contributed by atoms with Crippen molar-refractivity contribution in [1.82, 2.24) is 4.83 Å². The Morgan fingerprint density at radius 3 is 2.24 bits per heavy atom. The third-order valence-corrected chi connectivity index (χ3v) is 5.62. The second kappa shape index (κ2) is 7.89. The van der Waals surface area contributed by atoms with Crippen LogP contribution in [-0.4, -0.2) is 27.7 Å². The first-order valence-electron chi connectivity index (χ1n) is 8.20. The zero-order valence-electron chi connectivity index (χ0n) is 13.7. The topological polar surface area (TPSA) is 61.8 Å². The van der Waals surface area contributed by atoms with Crippen LogP contribution in [0.2, 0.25) is 5.02 Å². The molecular formula is C18H20ClN3O2S. The number of rotatable bonds is 5. The Kier molecular flexibility index (Phi) is 5.60. The van der Waals surface area contributed by atoms with Gasteiger partial charge in [0.2, 0.25) is 0 Å². The monoisotopic (exact) mass is 377 g/mol. The summed E-state index contributed by atoms with van der Waals surface area (Å²) in [7, 11) is -3.69. The van der Waals surface area contributed by atoms with Gasteiger partial charge in [-0.05, 0) is 61.2 Å². The van der Waals surface area contributed by atoms with Gasteiger partial charge in [-0.3, -0.25) is 0 Å². The minimum atomic E-state index is -3.69. The van der Waals surface area contributed by atoms with E-state index in [1.807, 2.05) is 24.3 Å². The van der Waals surface area contributed by atoms with Crippen LogP contribution in [0.15, 0.2) is 58.5 Å². The second-order valence-corrected chi connectivity index (χ2v) is 8.04. The summed E-state index contributed by atoms with van der Waals surface area (Å²) < 4.78 is 24.2. The highest BCUT2D eigenvalue weighted by Crippen LogP contribution is 2.19. The summed E-state index contributed by atoms with van der Waals surface area (Å²) in [6.45, 7) is 2.18. The molecule has 1 N–H and O–H groups in total. The number of piperidine rings is 1. The third kappa shape index (κ3) is 4.74. The Morgan fingerprint density at radius 1 is 0.960 bits per heavy atom. The van der Waals surface area contributed by atoms with Gasteiger partial charge in [0.05, 0.1) is 11.1 Å². The first-order valence-corrected chi connectivity index (χ1v) is 10.1. The number of hydrogen-bond acceptors (Lipinski definition) is 4. The fourth-order valence-corrected chi connectivity index (χ4v) is 3.68. The van der Waals surface area contributed by atoms with Gasteiger partial charge >= 0.3 is 0 Å². The van der Waals surface area contributed by atoms with Crippen LogP contribution in [0, 0.1) is 0 Å². The molecule has 0 aliphatic carbocycles. The summed E-state index contributed by atoms with van der Waals surface area (Å²) in [6.07, 6.45) is 5.26. The molecule has 3 rings (SSSR count). The van der Waals surface area contributed by atoms with Gasteiger partial charge < -0.3 is 4.90 Å². The zero-order chi connectivity index (χ0) is 17.7. The number of hydrogen-bond donors (Lipinski definition) is 1. The number of anilines is 1. The van der Waals surface area contributed by atoms with Gasteiger partial charge in [0, 0.05) is 23.8 Å². The average molecular weight is 378 g/mol. The van der Waals surface area contributed by atoms with Crippen LogP contribution >= 0.6 is 11.6 Å². The fraction of sp³-hybridized carbons (Fsp3) is 0.278. The molecule has 0 aromatic heterocycles.